The summed E-state index contributed by atoms with van der Waals surface area (Å²) < 4.78 is 5.25. The molecule has 0 amide bonds. The van der Waals surface area contributed by atoms with Crippen LogP contribution >= 0.6 is 104 Å². The normalized spacial score (nSPS) is 16.6. The summed E-state index contributed by atoms with van der Waals surface area (Å²) >= 11 is 55.3. The standard InChI is InChI=1S/C23H37Cl9O2/c24-12-10-8-6-4-2-1-3-5-7-9-11-17(28)18(29)19(30)20(31)21(32)22(33)34-16-23(13-25,14-26)15-27/h17-21H,1-16H2. The first kappa shape index (κ1) is 36.1. The molecule has 5 atom stereocenters. The summed E-state index contributed by atoms with van der Waals surface area (Å²) in [5.74, 6) is 0.436. The molecule has 0 saturated heterocycles. The van der Waals surface area contributed by atoms with E-state index in [9.17, 15) is 4.79 Å². The van der Waals surface area contributed by atoms with Gasteiger partial charge in [0.15, 0.2) is 0 Å². The first-order valence-electron chi connectivity index (χ1n) is 11.8. The number of hydrogen-bond acceptors (Lipinski definition) is 2. The monoisotopic (exact) mass is 660 g/mol. The molecule has 0 heterocycles. The first-order chi connectivity index (χ1) is 16.2. The lowest BCUT2D eigenvalue weighted by Crippen LogP contribution is -2.42. The summed E-state index contributed by atoms with van der Waals surface area (Å²) in [6, 6.07) is 0. The fraction of sp³-hybridized carbons (Fsp3) is 0.957. The number of carbonyl (C=O) groups excluding carboxylic acids is 1. The van der Waals surface area contributed by atoms with E-state index in [-0.39, 0.29) is 29.6 Å². The van der Waals surface area contributed by atoms with Gasteiger partial charge in [0.05, 0.1) is 21.5 Å². The van der Waals surface area contributed by atoms with E-state index in [1.165, 1.54) is 44.9 Å². The van der Waals surface area contributed by atoms with E-state index in [1.807, 2.05) is 0 Å². The highest BCUT2D eigenvalue weighted by molar-refractivity contribution is 6.42. The summed E-state index contributed by atoms with van der Waals surface area (Å²) in [6.07, 6.45) is 12.6. The van der Waals surface area contributed by atoms with Crippen LogP contribution in [0.5, 0.6) is 0 Å². The van der Waals surface area contributed by atoms with E-state index in [0.29, 0.717) is 6.42 Å². The SMILES string of the molecule is O=C(OCC(CCl)(CCl)CCl)C(Cl)C(Cl)C(Cl)C(Cl)C(Cl)CCCCCCCCCCCCCl. The zero-order chi connectivity index (χ0) is 26.0. The summed E-state index contributed by atoms with van der Waals surface area (Å²) in [5.41, 5.74) is -0.737. The Balaban J connectivity index is 4.22. The summed E-state index contributed by atoms with van der Waals surface area (Å²) in [5, 5.41) is -4.04. The molecular weight excluding hydrogens is 627 g/mol. The average molecular weight is 665 g/mol. The van der Waals surface area contributed by atoms with Crippen LogP contribution in [0, 0.1) is 5.41 Å². The van der Waals surface area contributed by atoms with E-state index in [1.54, 1.807) is 0 Å². The van der Waals surface area contributed by atoms with Gasteiger partial charge in [-0.2, -0.15) is 0 Å². The van der Waals surface area contributed by atoms with Crippen molar-refractivity contribution in [3.05, 3.63) is 0 Å². The highest BCUT2D eigenvalue weighted by Gasteiger charge is 2.39. The second-order valence-corrected chi connectivity index (χ2v) is 12.5. The molecule has 204 valence electrons. The Morgan fingerprint density at radius 1 is 0.618 bits per heavy atom. The van der Waals surface area contributed by atoms with Crippen LogP contribution in [0.25, 0.3) is 0 Å². The van der Waals surface area contributed by atoms with Crippen LogP contribution in [-0.4, -0.2) is 63.0 Å². The van der Waals surface area contributed by atoms with Gasteiger partial charge in [-0.3, -0.25) is 4.79 Å². The molecule has 0 bridgehead atoms. The average Bonchev–Trinajstić information content (AvgIpc) is 2.86. The minimum absolute atomic E-state index is 0.0709. The number of esters is 1. The van der Waals surface area contributed by atoms with Gasteiger partial charge in [0.25, 0.3) is 0 Å². The number of halogens is 9. The van der Waals surface area contributed by atoms with Crippen molar-refractivity contribution in [3.8, 4) is 0 Å². The van der Waals surface area contributed by atoms with Gasteiger partial charge in [0.2, 0.25) is 0 Å². The molecule has 0 fully saturated rings. The molecule has 5 unspecified atom stereocenters. The van der Waals surface area contributed by atoms with Crippen molar-refractivity contribution < 1.29 is 9.53 Å². The second-order valence-electron chi connectivity index (χ2n) is 8.77. The minimum Gasteiger partial charge on any atom is -0.464 e. The van der Waals surface area contributed by atoms with Crippen molar-refractivity contribution in [3.63, 3.8) is 0 Å². The zero-order valence-corrected chi connectivity index (χ0v) is 26.2. The van der Waals surface area contributed by atoms with Gasteiger partial charge in [-0.15, -0.1) is 104 Å². The molecule has 0 aromatic heterocycles. The third-order valence-electron chi connectivity index (χ3n) is 5.69. The van der Waals surface area contributed by atoms with Gasteiger partial charge >= 0.3 is 5.97 Å². The lowest BCUT2D eigenvalue weighted by molar-refractivity contribution is -0.145. The smallest absolute Gasteiger partial charge is 0.325 e. The minimum atomic E-state index is -1.21. The molecule has 0 aliphatic heterocycles. The number of carbonyl (C=O) groups is 1. The van der Waals surface area contributed by atoms with Gasteiger partial charge < -0.3 is 4.74 Å². The molecule has 2 nitrogen and oxygen atoms in total. The molecule has 0 spiro atoms. The molecule has 0 saturated carbocycles. The van der Waals surface area contributed by atoms with E-state index < -0.39 is 32.9 Å². The molecule has 0 aromatic carbocycles. The quantitative estimate of drug-likeness (QED) is 0.0655. The van der Waals surface area contributed by atoms with Gasteiger partial charge in [0.1, 0.15) is 12.0 Å². The van der Waals surface area contributed by atoms with Crippen molar-refractivity contribution >= 4 is 110 Å². The van der Waals surface area contributed by atoms with Gasteiger partial charge in [0, 0.05) is 28.9 Å². The molecule has 0 radical (unpaired) electrons. The lowest BCUT2D eigenvalue weighted by Gasteiger charge is -2.29. The van der Waals surface area contributed by atoms with Crippen molar-refractivity contribution in [2.45, 2.75) is 97.5 Å². The third-order valence-corrected chi connectivity index (χ3v) is 10.8. The molecule has 34 heavy (non-hydrogen) atoms. The maximum absolute atomic E-state index is 12.4. The van der Waals surface area contributed by atoms with Gasteiger partial charge in [-0.1, -0.05) is 57.8 Å². The highest BCUT2D eigenvalue weighted by atomic mass is 35.5. The van der Waals surface area contributed by atoms with Crippen LogP contribution in [0.2, 0.25) is 0 Å². The Kier molecular flexibility index (Phi) is 23.3. The van der Waals surface area contributed by atoms with Crippen molar-refractivity contribution in [2.75, 3.05) is 30.1 Å². The van der Waals surface area contributed by atoms with E-state index in [4.69, 9.17) is 109 Å². The summed E-state index contributed by atoms with van der Waals surface area (Å²) in [4.78, 5) is 12.4. The van der Waals surface area contributed by atoms with Gasteiger partial charge in [-0.25, -0.2) is 0 Å². The fourth-order valence-corrected chi connectivity index (χ4v) is 6.10. The number of unbranched alkanes of at least 4 members (excludes halogenated alkanes) is 9. The molecule has 0 aliphatic carbocycles. The van der Waals surface area contributed by atoms with Crippen LogP contribution in [0.1, 0.15) is 70.6 Å². The topological polar surface area (TPSA) is 26.3 Å². The molecule has 11 heteroatoms. The van der Waals surface area contributed by atoms with Crippen LogP contribution in [0.4, 0.5) is 0 Å². The fourth-order valence-electron chi connectivity index (χ4n) is 3.20. The zero-order valence-electron chi connectivity index (χ0n) is 19.4. The first-order valence-corrected chi connectivity index (χ1v) is 16.1. The Hall–Kier alpha value is 2.08. The van der Waals surface area contributed by atoms with E-state index >= 15 is 0 Å². The number of hydrogen-bond donors (Lipinski definition) is 0. The number of ether oxygens (including phenoxy) is 1. The predicted molar refractivity (Wildman–Crippen MR) is 155 cm³/mol. The largest absolute Gasteiger partial charge is 0.464 e. The number of rotatable bonds is 22. The second kappa shape index (κ2) is 22.0. The molecule has 0 aromatic rings. The summed E-state index contributed by atoms with van der Waals surface area (Å²) in [7, 11) is 0. The van der Waals surface area contributed by atoms with Crippen molar-refractivity contribution in [1.82, 2.24) is 0 Å². The Morgan fingerprint density at radius 2 is 1.06 bits per heavy atom. The highest BCUT2D eigenvalue weighted by Crippen LogP contribution is 2.31. The Labute approximate surface area is 251 Å². The molecule has 0 aliphatic rings. The van der Waals surface area contributed by atoms with Gasteiger partial charge in [-0.05, 0) is 12.8 Å². The lowest BCUT2D eigenvalue weighted by atomic mass is 9.97. The molecule has 0 rings (SSSR count). The van der Waals surface area contributed by atoms with Crippen LogP contribution in [0.15, 0.2) is 0 Å². The maximum Gasteiger partial charge on any atom is 0.325 e. The maximum atomic E-state index is 12.4. The van der Waals surface area contributed by atoms with Crippen LogP contribution in [-0.2, 0) is 9.53 Å². The van der Waals surface area contributed by atoms with E-state index in [0.717, 1.165) is 25.1 Å². The third kappa shape index (κ3) is 14.9. The summed E-state index contributed by atoms with van der Waals surface area (Å²) in [6.45, 7) is -0.0709. The molecule has 0 N–H and O–H groups in total. The Morgan fingerprint density at radius 3 is 1.50 bits per heavy atom. The molecular formula is C23H37Cl9O2. The van der Waals surface area contributed by atoms with Crippen molar-refractivity contribution in [2.24, 2.45) is 5.41 Å². The number of alkyl halides is 9. The predicted octanol–water partition coefficient (Wildman–Crippen LogP) is 9.80. The Bertz CT molecular complexity index is 501. The van der Waals surface area contributed by atoms with E-state index in [2.05, 4.69) is 0 Å². The van der Waals surface area contributed by atoms with Crippen LogP contribution < -0.4 is 0 Å². The van der Waals surface area contributed by atoms with Crippen LogP contribution in [0.3, 0.4) is 0 Å². The van der Waals surface area contributed by atoms with Crippen molar-refractivity contribution in [1.29, 1.82) is 0 Å².